The van der Waals surface area contributed by atoms with Gasteiger partial charge in [0.2, 0.25) is 0 Å². The van der Waals surface area contributed by atoms with E-state index in [0.717, 1.165) is 42.7 Å². The molecule has 3 saturated carbocycles. The first-order chi connectivity index (χ1) is 9.85. The van der Waals surface area contributed by atoms with Crippen LogP contribution in [0.15, 0.2) is 24.3 Å². The first-order valence-electron chi connectivity index (χ1n) is 8.66. The Morgan fingerprint density at radius 3 is 2.50 bits per heavy atom. The number of hydrogen-bond donors (Lipinski definition) is 1. The minimum atomic E-state index is 0.810. The van der Waals surface area contributed by atoms with Crippen LogP contribution >= 0.6 is 0 Å². The van der Waals surface area contributed by atoms with Crippen molar-refractivity contribution in [2.75, 3.05) is 0 Å². The van der Waals surface area contributed by atoms with Gasteiger partial charge in [0.25, 0.3) is 0 Å². The average Bonchev–Trinajstić information content (AvgIpc) is 3.17. The molecule has 108 valence electrons. The van der Waals surface area contributed by atoms with Crippen LogP contribution in [0, 0.1) is 23.7 Å². The fourth-order valence-corrected chi connectivity index (χ4v) is 5.44. The molecule has 3 aliphatic carbocycles. The van der Waals surface area contributed by atoms with Gasteiger partial charge in [-0.1, -0.05) is 37.6 Å². The lowest BCUT2D eigenvalue weighted by atomic mass is 9.79. The summed E-state index contributed by atoms with van der Waals surface area (Å²) in [7, 11) is 0. The lowest BCUT2D eigenvalue weighted by Crippen LogP contribution is -2.38. The van der Waals surface area contributed by atoms with Crippen LogP contribution in [0.4, 0.5) is 0 Å². The van der Waals surface area contributed by atoms with Gasteiger partial charge in [-0.2, -0.15) is 0 Å². The van der Waals surface area contributed by atoms with Crippen LogP contribution in [0.2, 0.25) is 0 Å². The lowest BCUT2D eigenvalue weighted by molar-refractivity contribution is 0.208. The van der Waals surface area contributed by atoms with E-state index in [1.165, 1.54) is 43.2 Å². The van der Waals surface area contributed by atoms with Crippen molar-refractivity contribution < 1.29 is 0 Å². The standard InChI is InChI=1S/C19H27N/c1-2-13-6-8-14(9-7-13)12-20-19-11-15-10-18(19)17-5-3-4-16(15)17/h6-9,15-20H,2-5,10-12H2,1H3. The summed E-state index contributed by atoms with van der Waals surface area (Å²) < 4.78 is 0. The Bertz CT molecular complexity index is 463. The zero-order chi connectivity index (χ0) is 13.5. The van der Waals surface area contributed by atoms with Gasteiger partial charge in [0.1, 0.15) is 0 Å². The van der Waals surface area contributed by atoms with Gasteiger partial charge in [0.15, 0.2) is 0 Å². The largest absolute Gasteiger partial charge is 0.310 e. The monoisotopic (exact) mass is 269 g/mol. The maximum absolute atomic E-state index is 3.88. The molecule has 1 aromatic rings. The third-order valence-corrected chi connectivity index (χ3v) is 6.43. The van der Waals surface area contributed by atoms with Crippen molar-refractivity contribution in [2.24, 2.45) is 23.7 Å². The van der Waals surface area contributed by atoms with E-state index in [9.17, 15) is 0 Å². The Morgan fingerprint density at radius 1 is 0.950 bits per heavy atom. The van der Waals surface area contributed by atoms with Crippen LogP contribution in [0.3, 0.4) is 0 Å². The van der Waals surface area contributed by atoms with E-state index >= 15 is 0 Å². The van der Waals surface area contributed by atoms with E-state index in [1.807, 2.05) is 0 Å². The molecule has 1 N–H and O–H groups in total. The third-order valence-electron chi connectivity index (χ3n) is 6.43. The van der Waals surface area contributed by atoms with Crippen LogP contribution in [-0.2, 0) is 13.0 Å². The molecule has 4 rings (SSSR count). The van der Waals surface area contributed by atoms with Gasteiger partial charge in [0, 0.05) is 12.6 Å². The predicted molar refractivity (Wildman–Crippen MR) is 83.5 cm³/mol. The minimum absolute atomic E-state index is 0.810. The molecule has 1 heteroatoms. The Hall–Kier alpha value is -0.820. The topological polar surface area (TPSA) is 12.0 Å². The quantitative estimate of drug-likeness (QED) is 0.865. The molecule has 5 atom stereocenters. The average molecular weight is 269 g/mol. The highest BCUT2D eigenvalue weighted by Crippen LogP contribution is 2.58. The Labute approximate surface area is 123 Å². The lowest BCUT2D eigenvalue weighted by Gasteiger charge is -2.32. The van der Waals surface area contributed by atoms with Crippen molar-refractivity contribution in [3.8, 4) is 0 Å². The molecule has 0 heterocycles. The number of benzene rings is 1. The van der Waals surface area contributed by atoms with Crippen LogP contribution in [-0.4, -0.2) is 6.04 Å². The van der Waals surface area contributed by atoms with Gasteiger partial charge < -0.3 is 5.32 Å². The zero-order valence-corrected chi connectivity index (χ0v) is 12.6. The summed E-state index contributed by atoms with van der Waals surface area (Å²) in [4.78, 5) is 0. The summed E-state index contributed by atoms with van der Waals surface area (Å²) in [6.07, 6.45) is 8.70. The molecule has 0 spiro atoms. The van der Waals surface area contributed by atoms with E-state index < -0.39 is 0 Å². The van der Waals surface area contributed by atoms with Gasteiger partial charge in [-0.15, -0.1) is 0 Å². The molecule has 0 amide bonds. The molecule has 2 bridgehead atoms. The first-order valence-corrected chi connectivity index (χ1v) is 8.66. The summed E-state index contributed by atoms with van der Waals surface area (Å²) in [6, 6.07) is 9.98. The van der Waals surface area contributed by atoms with Gasteiger partial charge in [-0.05, 0) is 66.9 Å². The highest BCUT2D eigenvalue weighted by Gasteiger charge is 2.53. The maximum atomic E-state index is 3.88. The van der Waals surface area contributed by atoms with Crippen molar-refractivity contribution in [3.63, 3.8) is 0 Å². The van der Waals surface area contributed by atoms with Crippen LogP contribution in [0.25, 0.3) is 0 Å². The van der Waals surface area contributed by atoms with Crippen molar-refractivity contribution in [1.29, 1.82) is 0 Å². The second kappa shape index (κ2) is 5.18. The van der Waals surface area contributed by atoms with E-state index in [0.29, 0.717) is 0 Å². The normalized spacial score (nSPS) is 38.4. The summed E-state index contributed by atoms with van der Waals surface area (Å²) in [6.45, 7) is 3.29. The molecule has 3 aliphatic rings. The highest BCUT2D eigenvalue weighted by molar-refractivity contribution is 5.22. The second-order valence-corrected chi connectivity index (χ2v) is 7.31. The molecule has 5 unspecified atom stereocenters. The molecule has 20 heavy (non-hydrogen) atoms. The van der Waals surface area contributed by atoms with Crippen molar-refractivity contribution in [3.05, 3.63) is 35.4 Å². The second-order valence-electron chi connectivity index (χ2n) is 7.31. The first kappa shape index (κ1) is 12.9. The number of nitrogens with one attached hydrogen (secondary N) is 1. The van der Waals surface area contributed by atoms with E-state index in [-0.39, 0.29) is 0 Å². The summed E-state index contributed by atoms with van der Waals surface area (Å²) in [5.41, 5.74) is 2.90. The molecular formula is C19H27N. The summed E-state index contributed by atoms with van der Waals surface area (Å²) in [5.74, 6) is 4.26. The van der Waals surface area contributed by atoms with Crippen LogP contribution in [0.1, 0.15) is 50.2 Å². The molecule has 0 saturated heterocycles. The number of fused-ring (bicyclic) bond motifs is 5. The van der Waals surface area contributed by atoms with Gasteiger partial charge >= 0.3 is 0 Å². The molecule has 0 radical (unpaired) electrons. The number of aryl methyl sites for hydroxylation is 1. The van der Waals surface area contributed by atoms with Gasteiger partial charge in [-0.25, -0.2) is 0 Å². The summed E-state index contributed by atoms with van der Waals surface area (Å²) >= 11 is 0. The number of rotatable bonds is 4. The maximum Gasteiger partial charge on any atom is 0.0208 e. The molecule has 1 aromatic carbocycles. The third kappa shape index (κ3) is 2.11. The molecule has 3 fully saturated rings. The van der Waals surface area contributed by atoms with E-state index in [4.69, 9.17) is 0 Å². The van der Waals surface area contributed by atoms with Crippen LogP contribution in [0.5, 0.6) is 0 Å². The van der Waals surface area contributed by atoms with E-state index in [1.54, 1.807) is 0 Å². The smallest absolute Gasteiger partial charge is 0.0208 e. The Balaban J connectivity index is 1.36. The minimum Gasteiger partial charge on any atom is -0.310 e. The molecule has 0 aliphatic heterocycles. The van der Waals surface area contributed by atoms with Crippen LogP contribution < -0.4 is 5.32 Å². The van der Waals surface area contributed by atoms with Crippen molar-refractivity contribution >= 4 is 0 Å². The fraction of sp³-hybridized carbons (Fsp3) is 0.684. The predicted octanol–water partition coefficient (Wildman–Crippen LogP) is 4.16. The van der Waals surface area contributed by atoms with Crippen molar-refractivity contribution in [1.82, 2.24) is 5.32 Å². The van der Waals surface area contributed by atoms with Crippen molar-refractivity contribution in [2.45, 2.75) is 58.0 Å². The Morgan fingerprint density at radius 2 is 1.70 bits per heavy atom. The Kier molecular flexibility index (Phi) is 3.34. The van der Waals surface area contributed by atoms with Gasteiger partial charge in [-0.3, -0.25) is 0 Å². The van der Waals surface area contributed by atoms with E-state index in [2.05, 4.69) is 36.5 Å². The highest BCUT2D eigenvalue weighted by atomic mass is 14.9. The molecule has 0 aromatic heterocycles. The SMILES string of the molecule is CCc1ccc(CNC2CC3CC2C2CCCC32)cc1. The molecular weight excluding hydrogens is 242 g/mol. The fourth-order valence-electron chi connectivity index (χ4n) is 5.44. The zero-order valence-electron chi connectivity index (χ0n) is 12.6. The van der Waals surface area contributed by atoms with Gasteiger partial charge in [0.05, 0.1) is 0 Å². The summed E-state index contributed by atoms with van der Waals surface area (Å²) in [5, 5.41) is 3.88. The molecule has 1 nitrogen and oxygen atoms in total. The number of hydrogen-bond acceptors (Lipinski definition) is 1.